The summed E-state index contributed by atoms with van der Waals surface area (Å²) < 4.78 is 54.6. The van der Waals surface area contributed by atoms with Gasteiger partial charge in [0.05, 0.1) is 6.04 Å². The fourth-order valence-corrected chi connectivity index (χ4v) is 4.33. The number of nitrogens with one attached hydrogen (secondary N) is 4. The molecule has 0 bridgehead atoms. The topological polar surface area (TPSA) is 129 Å². The Hall–Kier alpha value is -3.48. The van der Waals surface area contributed by atoms with Crippen molar-refractivity contribution in [2.24, 2.45) is 11.8 Å². The number of hydrogen-bond donors (Lipinski definition) is 4. The number of rotatable bonds is 11. The first-order valence-corrected chi connectivity index (χ1v) is 11.9. The molecule has 9 nitrogen and oxygen atoms in total. The van der Waals surface area contributed by atoms with Crippen molar-refractivity contribution >= 4 is 34.4 Å². The molecule has 0 radical (unpaired) electrons. The zero-order chi connectivity index (χ0) is 26.7. The third kappa shape index (κ3) is 7.28. The van der Waals surface area contributed by atoms with E-state index in [4.69, 9.17) is 0 Å². The van der Waals surface area contributed by atoms with E-state index in [0.717, 1.165) is 12.8 Å². The molecule has 13 heteroatoms. The third-order valence-corrected chi connectivity index (χ3v) is 6.48. The van der Waals surface area contributed by atoms with Crippen LogP contribution in [0.2, 0.25) is 0 Å². The maximum atomic E-state index is 13.5. The lowest BCUT2D eigenvalue weighted by Gasteiger charge is -2.24. The van der Waals surface area contributed by atoms with Crippen molar-refractivity contribution in [1.82, 2.24) is 20.9 Å². The summed E-state index contributed by atoms with van der Waals surface area (Å²) in [6.45, 7) is -0.972. The Kier molecular flexibility index (Phi) is 7.81. The Labute approximate surface area is 208 Å². The Morgan fingerprint density at radius 3 is 2.46 bits per heavy atom. The van der Waals surface area contributed by atoms with Crippen LogP contribution in [0.4, 0.5) is 17.6 Å². The largest absolute Gasteiger partial charge is 0.522 e. The van der Waals surface area contributed by atoms with Gasteiger partial charge in [0.2, 0.25) is 11.8 Å². The number of aromatic nitrogens is 1. The number of ether oxygens (including phenoxy) is 1. The van der Waals surface area contributed by atoms with Gasteiger partial charge in [-0.25, -0.2) is 4.39 Å². The van der Waals surface area contributed by atoms with Crippen molar-refractivity contribution in [2.45, 2.75) is 50.6 Å². The van der Waals surface area contributed by atoms with Gasteiger partial charge in [0.25, 0.3) is 5.91 Å². The second kappa shape index (κ2) is 10.9. The van der Waals surface area contributed by atoms with Crippen molar-refractivity contribution < 1.29 is 41.5 Å². The molecule has 2 aliphatic rings. The molecule has 1 aromatic carbocycles. The molecule has 3 atom stereocenters. The molecule has 1 aliphatic heterocycles. The second-order valence-corrected chi connectivity index (χ2v) is 9.39. The first-order valence-electron chi connectivity index (χ1n) is 11.9. The number of carbonyl (C=O) groups is 4. The SMILES string of the molecule is O=C(N[C@@H](CC1CC1)C(=O)N[C@@H](C[C@@H]1CCNC1=O)C(=O)COC(F)(F)F)c1cc2cc(F)ccc2[nH]1. The van der Waals surface area contributed by atoms with Gasteiger partial charge >= 0.3 is 6.36 Å². The number of hydrogen-bond acceptors (Lipinski definition) is 5. The van der Waals surface area contributed by atoms with Crippen molar-refractivity contribution in [2.75, 3.05) is 13.2 Å². The predicted molar refractivity (Wildman–Crippen MR) is 122 cm³/mol. The number of ketones is 1. The van der Waals surface area contributed by atoms with Crippen LogP contribution in [0.1, 0.15) is 42.6 Å². The number of aromatic amines is 1. The van der Waals surface area contributed by atoms with Crippen LogP contribution in [0.25, 0.3) is 10.9 Å². The Morgan fingerprint density at radius 1 is 1.05 bits per heavy atom. The lowest BCUT2D eigenvalue weighted by molar-refractivity contribution is -0.321. The number of alkyl halides is 3. The number of halogens is 4. The molecule has 2 fully saturated rings. The minimum absolute atomic E-state index is 0.0861. The average molecular weight is 526 g/mol. The van der Waals surface area contributed by atoms with Gasteiger partial charge in [-0.2, -0.15) is 0 Å². The smallest absolute Gasteiger partial charge is 0.356 e. The molecular weight excluding hydrogens is 500 g/mol. The normalized spacial score (nSPS) is 19.4. The summed E-state index contributed by atoms with van der Waals surface area (Å²) >= 11 is 0. The molecule has 1 aliphatic carbocycles. The predicted octanol–water partition coefficient (Wildman–Crippen LogP) is 2.32. The molecule has 1 aromatic heterocycles. The van der Waals surface area contributed by atoms with E-state index < -0.39 is 54.4 Å². The van der Waals surface area contributed by atoms with Crippen LogP contribution in [-0.2, 0) is 19.1 Å². The van der Waals surface area contributed by atoms with E-state index in [9.17, 15) is 36.7 Å². The molecule has 4 N–H and O–H groups in total. The van der Waals surface area contributed by atoms with Crippen molar-refractivity contribution in [3.05, 3.63) is 35.8 Å². The summed E-state index contributed by atoms with van der Waals surface area (Å²) in [5.74, 6) is -3.78. The Balaban J connectivity index is 1.47. The molecule has 3 amide bonds. The van der Waals surface area contributed by atoms with Gasteiger partial charge in [-0.05, 0) is 49.4 Å². The highest BCUT2D eigenvalue weighted by atomic mass is 19.4. The quantitative estimate of drug-likeness (QED) is 0.334. The minimum atomic E-state index is -5.04. The van der Waals surface area contributed by atoms with Crippen LogP contribution in [0.15, 0.2) is 24.3 Å². The number of fused-ring (bicyclic) bond motifs is 1. The highest BCUT2D eigenvalue weighted by Crippen LogP contribution is 2.33. The van der Waals surface area contributed by atoms with Crippen LogP contribution in [0.5, 0.6) is 0 Å². The lowest BCUT2D eigenvalue weighted by atomic mass is 9.95. The first kappa shape index (κ1) is 26.6. The average Bonchev–Trinajstić information content (AvgIpc) is 3.40. The van der Waals surface area contributed by atoms with Crippen LogP contribution in [0.3, 0.4) is 0 Å². The van der Waals surface area contributed by atoms with Gasteiger partial charge in [0.15, 0.2) is 5.78 Å². The van der Waals surface area contributed by atoms with Gasteiger partial charge in [0, 0.05) is 23.4 Å². The van der Waals surface area contributed by atoms with Crippen LogP contribution >= 0.6 is 0 Å². The summed E-state index contributed by atoms with van der Waals surface area (Å²) in [6, 6.07) is 2.87. The van der Waals surface area contributed by atoms with E-state index in [0.29, 0.717) is 23.9 Å². The molecule has 2 aromatic rings. The summed E-state index contributed by atoms with van der Waals surface area (Å²) in [6.07, 6.45) is -2.93. The number of carbonyl (C=O) groups excluding carboxylic acids is 4. The van der Waals surface area contributed by atoms with E-state index in [-0.39, 0.29) is 30.4 Å². The standard InChI is InChI=1S/C24H26F4N4O5/c25-15-3-4-16-14(8-15)10-19(30-16)23(36)32-18(7-12-1-2-12)22(35)31-17(9-13-5-6-29-21(13)34)20(33)11-37-24(26,27)28/h3-4,8,10,12-13,17-18,30H,1-2,5-7,9,11H2,(H,29,34)(H,31,35)(H,32,36)/t13-,17-,18-/m0/s1. The zero-order valence-corrected chi connectivity index (χ0v) is 19.6. The summed E-state index contributed by atoms with van der Waals surface area (Å²) in [5.41, 5.74) is 0.600. The van der Waals surface area contributed by atoms with Crippen molar-refractivity contribution in [3.63, 3.8) is 0 Å². The van der Waals surface area contributed by atoms with Gasteiger partial charge in [-0.1, -0.05) is 12.8 Å². The van der Waals surface area contributed by atoms with E-state index in [1.807, 2.05) is 0 Å². The van der Waals surface area contributed by atoms with E-state index in [1.165, 1.54) is 24.3 Å². The van der Waals surface area contributed by atoms with Crippen molar-refractivity contribution in [3.8, 4) is 0 Å². The monoisotopic (exact) mass is 526 g/mol. The fourth-order valence-electron chi connectivity index (χ4n) is 4.33. The van der Waals surface area contributed by atoms with Gasteiger partial charge in [0.1, 0.15) is 24.2 Å². The van der Waals surface area contributed by atoms with Crippen LogP contribution in [0, 0.1) is 17.7 Å². The lowest BCUT2D eigenvalue weighted by Crippen LogP contribution is -2.53. The molecule has 37 heavy (non-hydrogen) atoms. The number of benzene rings is 1. The summed E-state index contributed by atoms with van der Waals surface area (Å²) in [5, 5.41) is 8.08. The Morgan fingerprint density at radius 2 is 1.81 bits per heavy atom. The van der Waals surface area contributed by atoms with E-state index >= 15 is 0 Å². The highest BCUT2D eigenvalue weighted by Gasteiger charge is 2.37. The Bertz CT molecular complexity index is 1190. The fraction of sp³-hybridized carbons (Fsp3) is 0.500. The van der Waals surface area contributed by atoms with Gasteiger partial charge < -0.3 is 20.9 Å². The van der Waals surface area contributed by atoms with Crippen LogP contribution in [-0.4, -0.2) is 60.1 Å². The molecule has 1 saturated heterocycles. The molecule has 0 unspecified atom stereocenters. The summed E-state index contributed by atoms with van der Waals surface area (Å²) in [4.78, 5) is 53.4. The second-order valence-electron chi connectivity index (χ2n) is 9.39. The van der Waals surface area contributed by atoms with E-state index in [1.54, 1.807) is 0 Å². The van der Waals surface area contributed by atoms with Crippen molar-refractivity contribution in [1.29, 1.82) is 0 Å². The summed E-state index contributed by atoms with van der Waals surface area (Å²) in [7, 11) is 0. The molecule has 4 rings (SSSR count). The first-order chi connectivity index (χ1) is 17.5. The maximum absolute atomic E-state index is 13.5. The minimum Gasteiger partial charge on any atom is -0.356 e. The van der Waals surface area contributed by atoms with Gasteiger partial charge in [-0.15, -0.1) is 13.2 Å². The van der Waals surface area contributed by atoms with E-state index in [2.05, 4.69) is 25.7 Å². The molecule has 0 spiro atoms. The number of amides is 3. The molecule has 200 valence electrons. The molecule has 2 heterocycles. The zero-order valence-electron chi connectivity index (χ0n) is 19.6. The third-order valence-electron chi connectivity index (χ3n) is 6.48. The highest BCUT2D eigenvalue weighted by molar-refractivity contribution is 6.01. The van der Waals surface area contributed by atoms with Crippen LogP contribution < -0.4 is 16.0 Å². The number of H-pyrrole nitrogens is 1. The molecular formula is C24H26F4N4O5. The maximum Gasteiger partial charge on any atom is 0.522 e. The van der Waals surface area contributed by atoms with Gasteiger partial charge in [-0.3, -0.25) is 23.9 Å². The molecule has 1 saturated carbocycles. The number of Topliss-reactive ketones (excluding diaryl/α,β-unsaturated/α-hetero) is 1.